The third-order valence-corrected chi connectivity index (χ3v) is 10.8. The van der Waals surface area contributed by atoms with Gasteiger partial charge in [0, 0.05) is 22.1 Å². The van der Waals surface area contributed by atoms with E-state index in [0.29, 0.717) is 11.6 Å². The molecule has 0 unspecified atom stereocenters. The second kappa shape index (κ2) is 14.3. The molecule has 8 rings (SSSR count). The fraction of sp³-hybridized carbons (Fsp3) is 0.188. The summed E-state index contributed by atoms with van der Waals surface area (Å²) in [4.78, 5) is 14.8. The Morgan fingerprint density at radius 1 is 0.510 bits per heavy atom. The van der Waals surface area contributed by atoms with E-state index < -0.39 is 0 Å². The van der Waals surface area contributed by atoms with E-state index in [4.69, 9.17) is 15.0 Å². The summed E-state index contributed by atoms with van der Waals surface area (Å²) in [5.41, 5.74) is 13.4. The van der Waals surface area contributed by atoms with Crippen LogP contribution in [0.5, 0.6) is 0 Å². The van der Waals surface area contributed by atoms with Gasteiger partial charge >= 0.3 is 0 Å². The van der Waals surface area contributed by atoms with E-state index in [1.807, 2.05) is 18.2 Å². The van der Waals surface area contributed by atoms with Crippen LogP contribution in [0, 0.1) is 0 Å². The smallest absolute Gasteiger partial charge is 0.164 e. The molecule has 0 bridgehead atoms. The Labute approximate surface area is 302 Å². The highest BCUT2D eigenvalue weighted by Crippen LogP contribution is 2.41. The summed E-state index contributed by atoms with van der Waals surface area (Å²) < 4.78 is 0. The van der Waals surface area contributed by atoms with Crippen molar-refractivity contribution in [1.29, 1.82) is 0 Å². The van der Waals surface area contributed by atoms with Gasteiger partial charge in [0.25, 0.3) is 0 Å². The Balaban J connectivity index is 1.10. The molecule has 0 fully saturated rings. The van der Waals surface area contributed by atoms with Crippen LogP contribution in [-0.2, 0) is 11.8 Å². The molecule has 0 amide bonds. The highest BCUT2D eigenvalue weighted by Gasteiger charge is 2.31. The molecule has 0 saturated heterocycles. The lowest BCUT2D eigenvalue weighted by Crippen LogP contribution is -2.26. The summed E-state index contributed by atoms with van der Waals surface area (Å²) in [6.07, 6.45) is 17.4. The van der Waals surface area contributed by atoms with Crippen molar-refractivity contribution >= 4 is 11.6 Å². The first kappa shape index (κ1) is 32.5. The zero-order valence-corrected chi connectivity index (χ0v) is 29.5. The van der Waals surface area contributed by atoms with E-state index in [0.717, 1.165) is 61.0 Å². The quantitative estimate of drug-likeness (QED) is 0.155. The lowest BCUT2D eigenvalue weighted by atomic mass is 9.70. The van der Waals surface area contributed by atoms with Crippen LogP contribution >= 0.6 is 0 Å². The Morgan fingerprint density at radius 2 is 1.12 bits per heavy atom. The normalized spacial score (nSPS) is 13.9. The first-order valence-corrected chi connectivity index (χ1v) is 18.4. The first-order chi connectivity index (χ1) is 25.1. The van der Waals surface area contributed by atoms with Crippen LogP contribution in [0.4, 0.5) is 0 Å². The third kappa shape index (κ3) is 6.41. The molecule has 0 atom stereocenters. The topological polar surface area (TPSA) is 38.7 Å². The standard InChI is InChI=1S/C48H43N3/c1-3-48(4-2,41-29-25-34(26-30-41)39-21-13-22-40(33-39)44-24-14-20-35-15-11-12-23-43(35)44)42-31-27-38(28-32-42)47-50-45(36-16-7-5-8-17-36)49-46(51-47)37-18-9-6-10-19-37/h5,7-9,12-14,16-33H,3-4,6,10-11,15H2,1-2H3. The van der Waals surface area contributed by atoms with E-state index in [-0.39, 0.29) is 5.41 Å². The molecule has 250 valence electrons. The van der Waals surface area contributed by atoms with Gasteiger partial charge in [-0.15, -0.1) is 0 Å². The molecule has 0 radical (unpaired) electrons. The number of nitrogens with zero attached hydrogens (tertiary/aromatic N) is 3. The molecule has 0 N–H and O–H groups in total. The van der Waals surface area contributed by atoms with Gasteiger partial charge in [-0.25, -0.2) is 15.0 Å². The van der Waals surface area contributed by atoms with Crippen molar-refractivity contribution < 1.29 is 0 Å². The molecular weight excluding hydrogens is 619 g/mol. The lowest BCUT2D eigenvalue weighted by Gasteiger charge is -2.33. The predicted molar refractivity (Wildman–Crippen MR) is 213 cm³/mol. The van der Waals surface area contributed by atoms with Crippen molar-refractivity contribution in [2.24, 2.45) is 0 Å². The fourth-order valence-corrected chi connectivity index (χ4v) is 7.87. The van der Waals surface area contributed by atoms with Crippen molar-refractivity contribution in [3.05, 3.63) is 174 Å². The van der Waals surface area contributed by atoms with Crippen LogP contribution in [-0.4, -0.2) is 15.0 Å². The molecule has 0 saturated carbocycles. The molecular formula is C48H43N3. The average molecular weight is 662 g/mol. The maximum atomic E-state index is 4.98. The van der Waals surface area contributed by atoms with Crippen LogP contribution in [0.25, 0.3) is 56.7 Å². The molecule has 0 spiro atoms. The van der Waals surface area contributed by atoms with Gasteiger partial charge < -0.3 is 0 Å². The van der Waals surface area contributed by atoms with Gasteiger partial charge in [-0.1, -0.05) is 159 Å². The Hall–Kier alpha value is -5.67. The number of aromatic nitrogens is 3. The second-order valence-electron chi connectivity index (χ2n) is 13.7. The van der Waals surface area contributed by atoms with E-state index >= 15 is 0 Å². The predicted octanol–water partition coefficient (Wildman–Crippen LogP) is 12.3. The monoisotopic (exact) mass is 661 g/mol. The summed E-state index contributed by atoms with van der Waals surface area (Å²) in [7, 11) is 0. The molecule has 1 aromatic heterocycles. The summed E-state index contributed by atoms with van der Waals surface area (Å²) in [5, 5.41) is 0. The average Bonchev–Trinajstić information content (AvgIpc) is 3.22. The number of hydrogen-bond acceptors (Lipinski definition) is 3. The summed E-state index contributed by atoms with van der Waals surface area (Å²) >= 11 is 0. The molecule has 0 aliphatic heterocycles. The number of hydrogen-bond donors (Lipinski definition) is 0. The van der Waals surface area contributed by atoms with E-state index in [2.05, 4.69) is 147 Å². The second-order valence-corrected chi connectivity index (χ2v) is 13.7. The minimum absolute atomic E-state index is 0.106. The van der Waals surface area contributed by atoms with Gasteiger partial charge in [0.15, 0.2) is 17.5 Å². The molecule has 2 aliphatic rings. The van der Waals surface area contributed by atoms with Crippen molar-refractivity contribution in [3.8, 4) is 45.0 Å². The van der Waals surface area contributed by atoms with E-state index in [1.165, 1.54) is 44.5 Å². The maximum Gasteiger partial charge on any atom is 0.164 e. The highest BCUT2D eigenvalue weighted by molar-refractivity contribution is 5.81. The number of rotatable bonds is 9. The van der Waals surface area contributed by atoms with E-state index in [1.54, 1.807) is 0 Å². The molecule has 2 aliphatic carbocycles. The highest BCUT2D eigenvalue weighted by atomic mass is 15.0. The van der Waals surface area contributed by atoms with Crippen LogP contribution in [0.2, 0.25) is 0 Å². The van der Waals surface area contributed by atoms with Gasteiger partial charge in [-0.3, -0.25) is 0 Å². The number of fused-ring (bicyclic) bond motifs is 1. The van der Waals surface area contributed by atoms with Crippen molar-refractivity contribution in [3.63, 3.8) is 0 Å². The van der Waals surface area contributed by atoms with Crippen LogP contribution in [0.3, 0.4) is 0 Å². The number of allylic oxidation sites excluding steroid dienone is 5. The van der Waals surface area contributed by atoms with E-state index in [9.17, 15) is 0 Å². The molecule has 5 aromatic carbocycles. The van der Waals surface area contributed by atoms with Crippen LogP contribution in [0.1, 0.15) is 74.0 Å². The Bertz CT molecular complexity index is 2250. The summed E-state index contributed by atoms with van der Waals surface area (Å²) in [6, 6.07) is 44.1. The van der Waals surface area contributed by atoms with Gasteiger partial charge in [0.05, 0.1) is 0 Å². The minimum atomic E-state index is -0.106. The fourth-order valence-electron chi connectivity index (χ4n) is 7.87. The van der Waals surface area contributed by atoms with Gasteiger partial charge in [0.1, 0.15) is 0 Å². The number of benzene rings is 5. The molecule has 51 heavy (non-hydrogen) atoms. The number of aryl methyl sites for hydroxylation is 1. The largest absolute Gasteiger partial charge is 0.208 e. The zero-order valence-electron chi connectivity index (χ0n) is 29.5. The SMILES string of the molecule is CCC(CC)(c1ccc(-c2cccc(-c3cccc4c3C=CCC4)c2)cc1)c1ccc(-c2nc(C3=CCCC=C3)nc(-c3ccccc3)n2)cc1. The summed E-state index contributed by atoms with van der Waals surface area (Å²) in [5.74, 6) is 2.12. The van der Waals surface area contributed by atoms with Gasteiger partial charge in [-0.05, 0) is 89.1 Å². The van der Waals surface area contributed by atoms with Crippen molar-refractivity contribution in [1.82, 2.24) is 15.0 Å². The van der Waals surface area contributed by atoms with Gasteiger partial charge in [-0.2, -0.15) is 0 Å². The van der Waals surface area contributed by atoms with Gasteiger partial charge in [0.2, 0.25) is 0 Å². The summed E-state index contributed by atoms with van der Waals surface area (Å²) in [6.45, 7) is 4.61. The minimum Gasteiger partial charge on any atom is -0.208 e. The van der Waals surface area contributed by atoms with Crippen molar-refractivity contribution in [2.45, 2.75) is 57.8 Å². The van der Waals surface area contributed by atoms with Crippen molar-refractivity contribution in [2.75, 3.05) is 0 Å². The zero-order chi connectivity index (χ0) is 34.6. The molecule has 6 aromatic rings. The Kier molecular flexibility index (Phi) is 9.11. The van der Waals surface area contributed by atoms with Crippen LogP contribution < -0.4 is 0 Å². The Morgan fingerprint density at radius 3 is 1.80 bits per heavy atom. The molecule has 3 heteroatoms. The molecule has 1 heterocycles. The maximum absolute atomic E-state index is 4.98. The lowest BCUT2D eigenvalue weighted by molar-refractivity contribution is 0.478. The molecule has 3 nitrogen and oxygen atoms in total. The van der Waals surface area contributed by atoms with Crippen LogP contribution in [0.15, 0.2) is 146 Å². The third-order valence-electron chi connectivity index (χ3n) is 10.8. The first-order valence-electron chi connectivity index (χ1n) is 18.4.